The van der Waals surface area contributed by atoms with E-state index in [2.05, 4.69) is 20.3 Å². The monoisotopic (exact) mass is 178 g/mol. The van der Waals surface area contributed by atoms with Gasteiger partial charge in [-0.1, -0.05) is 0 Å². The average molecular weight is 178 g/mol. The highest BCUT2D eigenvalue weighted by molar-refractivity contribution is 5.48. The van der Waals surface area contributed by atoms with Crippen molar-refractivity contribution in [3.05, 3.63) is 17.7 Å². The van der Waals surface area contributed by atoms with Gasteiger partial charge in [-0.25, -0.2) is 9.78 Å². The smallest absolute Gasteiger partial charge is 0.246 e. The topological polar surface area (TPSA) is 85.4 Å². The standard InChI is InChI=1S/C7H10N6/c1-4-6(8)5(2)13(12-4)7-9-3-10-11-7/h3H,8H2,1-2H3,(H,9,10,11). The predicted octanol–water partition coefficient (Wildman–Crippen LogP) is 0.189. The van der Waals surface area contributed by atoms with Crippen LogP contribution in [0, 0.1) is 13.8 Å². The molecule has 0 radical (unpaired) electrons. The van der Waals surface area contributed by atoms with Gasteiger partial charge in [0.05, 0.1) is 17.1 Å². The molecule has 0 amide bonds. The molecule has 2 heterocycles. The maximum atomic E-state index is 5.76. The number of nitrogens with one attached hydrogen (secondary N) is 1. The zero-order valence-electron chi connectivity index (χ0n) is 7.44. The summed E-state index contributed by atoms with van der Waals surface area (Å²) in [6.45, 7) is 3.74. The molecule has 0 atom stereocenters. The molecular formula is C7H10N6. The lowest BCUT2D eigenvalue weighted by atomic mass is 10.3. The lowest BCUT2D eigenvalue weighted by molar-refractivity contribution is 0.778. The second-order valence-corrected chi connectivity index (χ2v) is 2.81. The fraction of sp³-hybridized carbons (Fsp3) is 0.286. The summed E-state index contributed by atoms with van der Waals surface area (Å²) >= 11 is 0. The van der Waals surface area contributed by atoms with Crippen LogP contribution >= 0.6 is 0 Å². The van der Waals surface area contributed by atoms with Crippen LogP contribution in [0.3, 0.4) is 0 Å². The Bertz CT molecular complexity index is 412. The van der Waals surface area contributed by atoms with Crippen LogP contribution in [0.25, 0.3) is 5.95 Å². The van der Waals surface area contributed by atoms with Crippen LogP contribution in [0.2, 0.25) is 0 Å². The summed E-state index contributed by atoms with van der Waals surface area (Å²) in [4.78, 5) is 3.98. The summed E-state index contributed by atoms with van der Waals surface area (Å²) in [5.41, 5.74) is 8.12. The molecule has 2 rings (SSSR count). The second kappa shape index (κ2) is 2.58. The van der Waals surface area contributed by atoms with Crippen molar-refractivity contribution in [3.8, 4) is 5.95 Å². The third-order valence-electron chi connectivity index (χ3n) is 1.95. The molecule has 6 heteroatoms. The minimum absolute atomic E-state index is 0.581. The molecule has 0 spiro atoms. The minimum Gasteiger partial charge on any atom is -0.396 e. The highest BCUT2D eigenvalue weighted by Gasteiger charge is 2.10. The van der Waals surface area contributed by atoms with Crippen molar-refractivity contribution in [3.63, 3.8) is 0 Å². The second-order valence-electron chi connectivity index (χ2n) is 2.81. The molecule has 0 bridgehead atoms. The van der Waals surface area contributed by atoms with Crippen molar-refractivity contribution in [1.82, 2.24) is 25.0 Å². The summed E-state index contributed by atoms with van der Waals surface area (Å²) in [6.07, 6.45) is 1.43. The minimum atomic E-state index is 0.581. The van der Waals surface area contributed by atoms with Crippen LogP contribution in [0.5, 0.6) is 0 Å². The maximum Gasteiger partial charge on any atom is 0.246 e. The van der Waals surface area contributed by atoms with Gasteiger partial charge in [0, 0.05) is 0 Å². The van der Waals surface area contributed by atoms with E-state index in [0.717, 1.165) is 11.4 Å². The highest BCUT2D eigenvalue weighted by atomic mass is 15.4. The van der Waals surface area contributed by atoms with Crippen molar-refractivity contribution in [2.75, 3.05) is 5.73 Å². The number of rotatable bonds is 1. The van der Waals surface area contributed by atoms with Gasteiger partial charge in [0.1, 0.15) is 6.33 Å². The number of nitrogens with zero attached hydrogens (tertiary/aromatic N) is 4. The lowest BCUT2D eigenvalue weighted by Crippen LogP contribution is -2.01. The van der Waals surface area contributed by atoms with E-state index in [4.69, 9.17) is 5.73 Å². The van der Waals surface area contributed by atoms with Crippen LogP contribution < -0.4 is 5.73 Å². The van der Waals surface area contributed by atoms with Gasteiger partial charge in [-0.05, 0) is 13.8 Å². The molecule has 6 nitrogen and oxygen atoms in total. The van der Waals surface area contributed by atoms with E-state index in [0.29, 0.717) is 11.6 Å². The van der Waals surface area contributed by atoms with Crippen molar-refractivity contribution in [1.29, 1.82) is 0 Å². The Morgan fingerprint density at radius 2 is 2.23 bits per heavy atom. The highest BCUT2D eigenvalue weighted by Crippen LogP contribution is 2.16. The third-order valence-corrected chi connectivity index (χ3v) is 1.95. The van der Waals surface area contributed by atoms with Crippen LogP contribution in [0.1, 0.15) is 11.4 Å². The first-order valence-corrected chi connectivity index (χ1v) is 3.87. The normalized spacial score (nSPS) is 10.6. The molecule has 3 N–H and O–H groups in total. The number of hydrogen-bond acceptors (Lipinski definition) is 4. The molecule has 0 aromatic carbocycles. The van der Waals surface area contributed by atoms with Gasteiger partial charge < -0.3 is 5.73 Å². The van der Waals surface area contributed by atoms with Gasteiger partial charge in [0.25, 0.3) is 0 Å². The van der Waals surface area contributed by atoms with Crippen molar-refractivity contribution in [2.45, 2.75) is 13.8 Å². The molecule has 2 aromatic rings. The number of hydrogen-bond donors (Lipinski definition) is 2. The molecule has 13 heavy (non-hydrogen) atoms. The quantitative estimate of drug-likeness (QED) is 0.652. The van der Waals surface area contributed by atoms with Crippen LogP contribution in [-0.4, -0.2) is 25.0 Å². The summed E-state index contributed by atoms with van der Waals surface area (Å²) < 4.78 is 1.64. The number of anilines is 1. The predicted molar refractivity (Wildman–Crippen MR) is 47.4 cm³/mol. The number of aryl methyl sites for hydroxylation is 1. The van der Waals surface area contributed by atoms with E-state index in [9.17, 15) is 0 Å². The first-order valence-electron chi connectivity index (χ1n) is 3.87. The summed E-state index contributed by atoms with van der Waals surface area (Å²) in [6, 6.07) is 0. The van der Waals surface area contributed by atoms with Crippen LogP contribution in [0.15, 0.2) is 6.33 Å². The number of nitrogens with two attached hydrogens (primary N) is 1. The first-order chi connectivity index (χ1) is 6.20. The van der Waals surface area contributed by atoms with E-state index in [-0.39, 0.29) is 0 Å². The van der Waals surface area contributed by atoms with Crippen LogP contribution in [0.4, 0.5) is 5.69 Å². The van der Waals surface area contributed by atoms with Gasteiger partial charge in [-0.15, -0.1) is 0 Å². The Balaban J connectivity index is 2.59. The van der Waals surface area contributed by atoms with Crippen LogP contribution in [-0.2, 0) is 0 Å². The fourth-order valence-corrected chi connectivity index (χ4v) is 1.16. The zero-order chi connectivity index (χ0) is 9.42. The van der Waals surface area contributed by atoms with Gasteiger partial charge in [-0.2, -0.15) is 15.2 Å². The molecule has 68 valence electrons. The van der Waals surface area contributed by atoms with Gasteiger partial charge in [0.15, 0.2) is 0 Å². The maximum absolute atomic E-state index is 5.76. The molecule has 0 saturated heterocycles. The van der Waals surface area contributed by atoms with E-state index < -0.39 is 0 Å². The van der Waals surface area contributed by atoms with Gasteiger partial charge in [-0.3, -0.25) is 0 Å². The van der Waals surface area contributed by atoms with Crippen molar-refractivity contribution < 1.29 is 0 Å². The molecule has 0 fully saturated rings. The SMILES string of the molecule is Cc1nn(-c2ncn[nH]2)c(C)c1N. The summed E-state index contributed by atoms with van der Waals surface area (Å²) in [5, 5.41) is 10.7. The Labute approximate surface area is 74.8 Å². The van der Waals surface area contributed by atoms with E-state index >= 15 is 0 Å². The molecule has 0 unspecified atom stereocenters. The summed E-state index contributed by atoms with van der Waals surface area (Å²) in [7, 11) is 0. The number of aromatic amines is 1. The van der Waals surface area contributed by atoms with Gasteiger partial charge in [0.2, 0.25) is 5.95 Å². The van der Waals surface area contributed by atoms with E-state index in [1.165, 1.54) is 6.33 Å². The first kappa shape index (κ1) is 7.78. The van der Waals surface area contributed by atoms with E-state index in [1.54, 1.807) is 4.68 Å². The molecular weight excluding hydrogens is 168 g/mol. The molecule has 0 saturated carbocycles. The number of H-pyrrole nitrogens is 1. The Kier molecular flexibility index (Phi) is 1.54. The lowest BCUT2D eigenvalue weighted by Gasteiger charge is -1.96. The molecule has 0 aliphatic rings. The third kappa shape index (κ3) is 1.07. The largest absolute Gasteiger partial charge is 0.396 e. The average Bonchev–Trinajstić information content (AvgIpc) is 2.70. The number of nitrogen functional groups attached to an aromatic ring is 1. The Morgan fingerprint density at radius 1 is 1.46 bits per heavy atom. The van der Waals surface area contributed by atoms with Gasteiger partial charge >= 0.3 is 0 Å². The summed E-state index contributed by atoms with van der Waals surface area (Å²) in [5.74, 6) is 0.581. The molecule has 2 aromatic heterocycles. The Hall–Kier alpha value is -1.85. The zero-order valence-corrected chi connectivity index (χ0v) is 7.44. The molecule has 0 aliphatic heterocycles. The Morgan fingerprint density at radius 3 is 2.69 bits per heavy atom. The number of aromatic nitrogens is 5. The molecule has 0 aliphatic carbocycles. The van der Waals surface area contributed by atoms with Crippen molar-refractivity contribution in [2.24, 2.45) is 0 Å². The van der Waals surface area contributed by atoms with E-state index in [1.807, 2.05) is 13.8 Å². The van der Waals surface area contributed by atoms with Crippen molar-refractivity contribution >= 4 is 5.69 Å². The fourth-order valence-electron chi connectivity index (χ4n) is 1.16.